The Bertz CT molecular complexity index is 149. The molecule has 0 aliphatic rings. The monoisotopic (exact) mass is 138 g/mol. The van der Waals surface area contributed by atoms with Crippen LogP contribution in [0.3, 0.4) is 0 Å². The van der Waals surface area contributed by atoms with Crippen LogP contribution in [0.1, 0.15) is 40.5 Å². The van der Waals surface area contributed by atoms with Crippen molar-refractivity contribution in [2.75, 3.05) is 0 Å². The van der Waals surface area contributed by atoms with E-state index in [0.717, 1.165) is 12.8 Å². The molecule has 0 atom stereocenters. The van der Waals surface area contributed by atoms with Crippen molar-refractivity contribution in [3.05, 3.63) is 23.3 Å². The fourth-order valence-electron chi connectivity index (χ4n) is 1.18. The van der Waals surface area contributed by atoms with Gasteiger partial charge < -0.3 is 0 Å². The van der Waals surface area contributed by atoms with Crippen LogP contribution in [0.4, 0.5) is 0 Å². The van der Waals surface area contributed by atoms with Crippen LogP contribution in [0.5, 0.6) is 0 Å². The molecule has 0 amide bonds. The van der Waals surface area contributed by atoms with Crippen molar-refractivity contribution in [1.82, 2.24) is 0 Å². The van der Waals surface area contributed by atoms with Crippen LogP contribution >= 0.6 is 0 Å². The first-order chi connectivity index (χ1) is 4.63. The van der Waals surface area contributed by atoms with Crippen molar-refractivity contribution in [3.63, 3.8) is 0 Å². The van der Waals surface area contributed by atoms with E-state index >= 15 is 0 Å². The third-order valence-corrected chi connectivity index (χ3v) is 1.91. The van der Waals surface area contributed by atoms with Crippen LogP contribution in [-0.4, -0.2) is 0 Å². The number of rotatable bonds is 3. The van der Waals surface area contributed by atoms with Crippen LogP contribution in [0, 0.1) is 0 Å². The van der Waals surface area contributed by atoms with E-state index in [0.29, 0.717) is 0 Å². The number of allylic oxidation sites excluding steroid dienone is 3. The second-order valence-electron chi connectivity index (χ2n) is 2.75. The zero-order chi connectivity index (χ0) is 8.15. The van der Waals surface area contributed by atoms with Gasteiger partial charge in [-0.15, -0.1) is 0 Å². The van der Waals surface area contributed by atoms with Gasteiger partial charge in [0.25, 0.3) is 0 Å². The van der Waals surface area contributed by atoms with E-state index in [9.17, 15) is 0 Å². The van der Waals surface area contributed by atoms with Crippen molar-refractivity contribution in [2.45, 2.75) is 40.5 Å². The molecule has 0 aliphatic carbocycles. The molecular weight excluding hydrogens is 120 g/mol. The van der Waals surface area contributed by atoms with Gasteiger partial charge in [-0.3, -0.25) is 0 Å². The average Bonchev–Trinajstić information content (AvgIpc) is 1.88. The number of hydrogen-bond donors (Lipinski definition) is 0. The molecular formula is C10H18. The predicted molar refractivity (Wildman–Crippen MR) is 48.1 cm³/mol. The molecule has 0 aliphatic heterocycles. The highest BCUT2D eigenvalue weighted by molar-refractivity contribution is 5.30. The fourth-order valence-corrected chi connectivity index (χ4v) is 1.18. The summed E-state index contributed by atoms with van der Waals surface area (Å²) >= 11 is 0. The molecule has 0 radical (unpaired) electrons. The highest BCUT2D eigenvalue weighted by Crippen LogP contribution is 2.17. The Kier molecular flexibility index (Phi) is 4.10. The lowest BCUT2D eigenvalue weighted by atomic mass is 9.99. The average molecular weight is 138 g/mol. The van der Waals surface area contributed by atoms with Crippen LogP contribution in [0.2, 0.25) is 0 Å². The van der Waals surface area contributed by atoms with E-state index in [1.165, 1.54) is 16.7 Å². The van der Waals surface area contributed by atoms with Gasteiger partial charge in [-0.25, -0.2) is 0 Å². The molecule has 0 aromatic rings. The van der Waals surface area contributed by atoms with Crippen molar-refractivity contribution < 1.29 is 0 Å². The van der Waals surface area contributed by atoms with Gasteiger partial charge in [-0.1, -0.05) is 31.6 Å². The molecule has 0 N–H and O–H groups in total. The van der Waals surface area contributed by atoms with E-state index in [4.69, 9.17) is 0 Å². The lowest BCUT2D eigenvalue weighted by molar-refractivity contribution is 0.994. The van der Waals surface area contributed by atoms with E-state index in [-0.39, 0.29) is 0 Å². The summed E-state index contributed by atoms with van der Waals surface area (Å²) in [6, 6.07) is 0. The lowest BCUT2D eigenvalue weighted by Crippen LogP contribution is -1.87. The summed E-state index contributed by atoms with van der Waals surface area (Å²) in [6.07, 6.45) is 2.27. The normalized spacial score (nSPS) is 12.8. The van der Waals surface area contributed by atoms with Crippen molar-refractivity contribution in [1.29, 1.82) is 0 Å². The zero-order valence-electron chi connectivity index (χ0n) is 7.62. The molecule has 0 bridgehead atoms. The maximum absolute atomic E-state index is 3.94. The molecule has 0 heterocycles. The van der Waals surface area contributed by atoms with Gasteiger partial charge >= 0.3 is 0 Å². The van der Waals surface area contributed by atoms with E-state index in [1.54, 1.807) is 0 Å². The Morgan fingerprint density at radius 2 is 1.60 bits per heavy atom. The largest absolute Gasteiger partial charge is 0.0958 e. The van der Waals surface area contributed by atoms with Crippen LogP contribution in [0.25, 0.3) is 0 Å². The number of hydrogen-bond acceptors (Lipinski definition) is 0. The minimum atomic E-state index is 1.12. The van der Waals surface area contributed by atoms with Crippen molar-refractivity contribution in [2.24, 2.45) is 0 Å². The molecule has 0 nitrogen and oxygen atoms in total. The molecule has 58 valence electrons. The molecule has 0 aromatic heterocycles. The molecule has 0 fully saturated rings. The first-order valence-electron chi connectivity index (χ1n) is 3.97. The lowest BCUT2D eigenvalue weighted by Gasteiger charge is -2.07. The smallest absolute Gasteiger partial charge is 0.0306 e. The molecule has 0 spiro atoms. The Morgan fingerprint density at radius 3 is 1.70 bits per heavy atom. The molecule has 10 heavy (non-hydrogen) atoms. The van der Waals surface area contributed by atoms with Gasteiger partial charge in [0.2, 0.25) is 0 Å². The standard InChI is InChI=1S/C10H18/c1-6-9(5)10(7-2)8(3)4/h3,6-7H2,1-2,4-5H3/b10-9-. The van der Waals surface area contributed by atoms with E-state index < -0.39 is 0 Å². The van der Waals surface area contributed by atoms with Crippen molar-refractivity contribution in [3.8, 4) is 0 Å². The summed E-state index contributed by atoms with van der Waals surface area (Å²) in [5.41, 5.74) is 4.15. The van der Waals surface area contributed by atoms with Crippen LogP contribution in [-0.2, 0) is 0 Å². The Hall–Kier alpha value is -0.520. The summed E-state index contributed by atoms with van der Waals surface area (Å²) in [5.74, 6) is 0. The SMILES string of the molecule is C=C(C)/C(CC)=C(/C)CC. The van der Waals surface area contributed by atoms with Gasteiger partial charge in [0.15, 0.2) is 0 Å². The van der Waals surface area contributed by atoms with Gasteiger partial charge in [-0.05, 0) is 32.3 Å². The first-order valence-corrected chi connectivity index (χ1v) is 3.97. The first kappa shape index (κ1) is 9.48. The summed E-state index contributed by atoms with van der Waals surface area (Å²) in [4.78, 5) is 0. The second-order valence-corrected chi connectivity index (χ2v) is 2.75. The molecule has 0 saturated carbocycles. The van der Waals surface area contributed by atoms with E-state index in [1.807, 2.05) is 0 Å². The highest BCUT2D eigenvalue weighted by atomic mass is 14.0. The highest BCUT2D eigenvalue weighted by Gasteiger charge is 1.97. The molecule has 0 heteroatoms. The summed E-state index contributed by atoms with van der Waals surface area (Å²) in [5, 5.41) is 0. The quantitative estimate of drug-likeness (QED) is 0.522. The van der Waals surface area contributed by atoms with Gasteiger partial charge in [0, 0.05) is 0 Å². The molecule has 0 unspecified atom stereocenters. The van der Waals surface area contributed by atoms with E-state index in [2.05, 4.69) is 34.3 Å². The minimum Gasteiger partial charge on any atom is -0.0958 e. The topological polar surface area (TPSA) is 0 Å². The maximum atomic E-state index is 3.94. The molecule has 0 aromatic carbocycles. The van der Waals surface area contributed by atoms with Gasteiger partial charge in [0.05, 0.1) is 0 Å². The van der Waals surface area contributed by atoms with Crippen LogP contribution < -0.4 is 0 Å². The van der Waals surface area contributed by atoms with Gasteiger partial charge in [-0.2, -0.15) is 0 Å². The third-order valence-electron chi connectivity index (χ3n) is 1.91. The Balaban J connectivity index is 4.45. The summed E-state index contributed by atoms with van der Waals surface area (Å²) < 4.78 is 0. The molecule has 0 rings (SSSR count). The minimum absolute atomic E-state index is 1.12. The summed E-state index contributed by atoms with van der Waals surface area (Å²) in [7, 11) is 0. The summed E-state index contributed by atoms with van der Waals surface area (Å²) in [6.45, 7) is 12.6. The second kappa shape index (κ2) is 4.32. The Morgan fingerprint density at radius 1 is 1.10 bits per heavy atom. The maximum Gasteiger partial charge on any atom is -0.0306 e. The Labute approximate surface area is 64.6 Å². The van der Waals surface area contributed by atoms with Gasteiger partial charge in [0.1, 0.15) is 0 Å². The third kappa shape index (κ3) is 2.38. The fraction of sp³-hybridized carbons (Fsp3) is 0.600. The van der Waals surface area contributed by atoms with Crippen molar-refractivity contribution >= 4 is 0 Å². The predicted octanol–water partition coefficient (Wildman–Crippen LogP) is 3.70. The molecule has 0 saturated heterocycles. The zero-order valence-corrected chi connectivity index (χ0v) is 7.62. The van der Waals surface area contributed by atoms with Crippen LogP contribution in [0.15, 0.2) is 23.3 Å².